The third kappa shape index (κ3) is 14.3. The lowest BCUT2D eigenvalue weighted by atomic mass is 10.1. The second-order valence-electron chi connectivity index (χ2n) is 12.3. The van der Waals surface area contributed by atoms with Crippen LogP contribution in [0.3, 0.4) is 0 Å². The number of nitrogens with one attached hydrogen (secondary N) is 1. The van der Waals surface area contributed by atoms with Crippen LogP contribution < -0.4 is 15.2 Å². The first kappa shape index (κ1) is 48.9. The monoisotopic (exact) mass is 882 g/mol. The van der Waals surface area contributed by atoms with Crippen LogP contribution in [0.5, 0.6) is 11.5 Å². The van der Waals surface area contributed by atoms with Gasteiger partial charge in [-0.3, -0.25) is 29.0 Å². The van der Waals surface area contributed by atoms with Gasteiger partial charge in [-0.05, 0) is 70.5 Å². The van der Waals surface area contributed by atoms with E-state index < -0.39 is 87.5 Å². The van der Waals surface area contributed by atoms with Crippen molar-refractivity contribution in [3.05, 3.63) is 92.5 Å². The number of anilines is 1. The summed E-state index contributed by atoms with van der Waals surface area (Å²) in [5.74, 6) is -3.98. The molecule has 24 heteroatoms. The Balaban J connectivity index is 0.000000355. The maximum atomic E-state index is 12.8. The van der Waals surface area contributed by atoms with Gasteiger partial charge in [0.25, 0.3) is 11.6 Å². The number of carbonyl (C=O) groups is 4. The number of hydrogen-bond acceptors (Lipinski definition) is 13. The van der Waals surface area contributed by atoms with Gasteiger partial charge in [-0.1, -0.05) is 23.7 Å². The molecular weight excluding hydrogens is 844 g/mol. The number of esters is 2. The van der Waals surface area contributed by atoms with Gasteiger partial charge in [-0.2, -0.15) is 21.6 Å². The molecule has 3 atom stereocenters. The van der Waals surface area contributed by atoms with E-state index in [0.29, 0.717) is 17.3 Å². The third-order valence-corrected chi connectivity index (χ3v) is 10.2. The number of aliphatic carboxylic acids is 1. The molecule has 5 N–H and O–H groups in total. The number of carbonyl (C=O) groups excluding carboxylic acids is 3. The van der Waals surface area contributed by atoms with Crippen molar-refractivity contribution in [1.82, 2.24) is 4.31 Å². The van der Waals surface area contributed by atoms with Gasteiger partial charge in [-0.15, -0.1) is 0 Å². The molecule has 0 fully saturated rings. The molecule has 18 nitrogen and oxygen atoms in total. The van der Waals surface area contributed by atoms with E-state index in [2.05, 4.69) is 4.72 Å². The number of rotatable bonds is 12. The molecule has 0 saturated carbocycles. The van der Waals surface area contributed by atoms with Crippen molar-refractivity contribution in [2.45, 2.75) is 58.5 Å². The van der Waals surface area contributed by atoms with Crippen molar-refractivity contribution in [2.75, 3.05) is 24.2 Å². The van der Waals surface area contributed by atoms with Crippen LogP contribution in [-0.2, 0) is 40.0 Å². The predicted molar refractivity (Wildman–Crippen MR) is 202 cm³/mol. The molecule has 0 spiro atoms. The zero-order valence-corrected chi connectivity index (χ0v) is 33.7. The maximum absolute atomic E-state index is 12.8. The van der Waals surface area contributed by atoms with Crippen LogP contribution in [0, 0.1) is 10.1 Å². The summed E-state index contributed by atoms with van der Waals surface area (Å²) in [6.45, 7) is 7.31. The highest BCUT2D eigenvalue weighted by molar-refractivity contribution is 7.91. The first-order chi connectivity index (χ1) is 26.7. The lowest BCUT2D eigenvalue weighted by Crippen LogP contribution is -2.48. The van der Waals surface area contributed by atoms with Gasteiger partial charge in [0.2, 0.25) is 0 Å². The minimum absolute atomic E-state index is 0.0398. The van der Waals surface area contributed by atoms with Crippen LogP contribution in [-0.4, -0.2) is 89.1 Å². The van der Waals surface area contributed by atoms with E-state index in [9.17, 15) is 55.4 Å². The second kappa shape index (κ2) is 20.4. The Bertz CT molecular complexity index is 2170. The number of carboxylic acid groups (broad SMARTS) is 1. The number of fused-ring (bicyclic) bond motifs is 1. The van der Waals surface area contributed by atoms with E-state index >= 15 is 0 Å². The van der Waals surface area contributed by atoms with Crippen molar-refractivity contribution in [3.63, 3.8) is 0 Å². The largest absolute Gasteiger partial charge is 0.480 e. The molecule has 1 aliphatic heterocycles. The van der Waals surface area contributed by atoms with E-state index in [-0.39, 0.29) is 35.7 Å². The molecule has 318 valence electrons. The fourth-order valence-electron chi connectivity index (χ4n) is 4.51. The summed E-state index contributed by atoms with van der Waals surface area (Å²) in [7, 11) is -6.85. The van der Waals surface area contributed by atoms with Gasteiger partial charge < -0.3 is 29.9 Å². The van der Waals surface area contributed by atoms with Crippen LogP contribution in [0.15, 0.2) is 60.7 Å². The third-order valence-electron chi connectivity index (χ3n) is 7.27. The zero-order valence-electron chi connectivity index (χ0n) is 31.3. The number of nitro benzene ring substituents is 1. The predicted octanol–water partition coefficient (Wildman–Crippen LogP) is 6.06. The molecule has 3 aromatic carbocycles. The quantitative estimate of drug-likeness (QED) is 0.0696. The number of nitro groups is 1. The van der Waals surface area contributed by atoms with Gasteiger partial charge >= 0.3 is 34.3 Å². The average Bonchev–Trinajstić information content (AvgIpc) is 3.10. The molecule has 0 aromatic heterocycles. The Morgan fingerprint density at radius 1 is 1.09 bits per heavy atom. The molecule has 0 bridgehead atoms. The number of carboxylic acids is 1. The van der Waals surface area contributed by atoms with Crippen molar-refractivity contribution in [1.29, 1.82) is 0 Å². The normalized spacial score (nSPS) is 15.0. The Kier molecular flexibility index (Phi) is 17.2. The molecule has 0 radical (unpaired) electrons. The zero-order chi connectivity index (χ0) is 44.3. The first-order valence-corrected chi connectivity index (χ1v) is 20.7. The molecule has 3 aromatic rings. The van der Waals surface area contributed by atoms with E-state index in [1.54, 1.807) is 45.0 Å². The van der Waals surface area contributed by atoms with Gasteiger partial charge in [0, 0.05) is 31.0 Å². The lowest BCUT2D eigenvalue weighted by Gasteiger charge is -2.31. The SMILES string of the molecule is CC(C)N1C(=O)c2ccccc2NS1(=O)=O.CCOC(=O)C(C)OC(=O)c1cc(Oc2ccc(C(F)(F)F)cc2Cl)ccc1[N+](=O)[O-].CP(=O)(O)CCC(N)C(=O)O. The van der Waals surface area contributed by atoms with Crippen molar-refractivity contribution >= 4 is 64.4 Å². The van der Waals surface area contributed by atoms with Crippen molar-refractivity contribution in [3.8, 4) is 11.5 Å². The summed E-state index contributed by atoms with van der Waals surface area (Å²) in [5.41, 5.74) is 3.64. The summed E-state index contributed by atoms with van der Waals surface area (Å²) in [4.78, 5) is 65.2. The van der Waals surface area contributed by atoms with Crippen LogP contribution in [0.1, 0.15) is 60.4 Å². The van der Waals surface area contributed by atoms with E-state index in [1.807, 2.05) is 0 Å². The molecule has 0 saturated heterocycles. The van der Waals surface area contributed by atoms with Crippen LogP contribution in [0.2, 0.25) is 5.02 Å². The van der Waals surface area contributed by atoms with E-state index in [4.69, 9.17) is 41.5 Å². The lowest BCUT2D eigenvalue weighted by molar-refractivity contribution is -0.385. The number of nitrogens with two attached hydrogens (primary N) is 1. The topological polar surface area (TPSA) is 272 Å². The minimum atomic E-state index is -4.61. The number of amides is 1. The Morgan fingerprint density at radius 2 is 1.71 bits per heavy atom. The molecule has 58 heavy (non-hydrogen) atoms. The molecule has 3 unspecified atom stereocenters. The second-order valence-corrected chi connectivity index (χ2v) is 16.8. The summed E-state index contributed by atoms with van der Waals surface area (Å²) < 4.78 is 90.7. The van der Waals surface area contributed by atoms with Crippen LogP contribution in [0.25, 0.3) is 0 Å². The van der Waals surface area contributed by atoms with Crippen LogP contribution >= 0.6 is 19.0 Å². The number of alkyl halides is 3. The fraction of sp³-hybridized carbons (Fsp3) is 0.353. The molecule has 4 rings (SSSR count). The van der Waals surface area contributed by atoms with Gasteiger partial charge in [0.1, 0.15) is 23.1 Å². The van der Waals surface area contributed by atoms with Crippen LogP contribution in [0.4, 0.5) is 24.5 Å². The number of ether oxygens (including phenoxy) is 3. The maximum Gasteiger partial charge on any atom is 0.416 e. The fourth-order valence-corrected chi connectivity index (χ4v) is 6.91. The highest BCUT2D eigenvalue weighted by atomic mass is 35.5. The van der Waals surface area contributed by atoms with Crippen molar-refractivity contribution < 1.29 is 74.5 Å². The Hall–Kier alpha value is -5.28. The smallest absolute Gasteiger partial charge is 0.416 e. The summed E-state index contributed by atoms with van der Waals surface area (Å²) >= 11 is 5.83. The number of nitrogens with zero attached hydrogens (tertiary/aromatic N) is 2. The molecular formula is C34H39ClF3N4O14PS. The first-order valence-electron chi connectivity index (χ1n) is 16.6. The van der Waals surface area contributed by atoms with Gasteiger partial charge in [0.05, 0.1) is 33.4 Å². The highest BCUT2D eigenvalue weighted by Gasteiger charge is 2.37. The molecule has 1 amide bonds. The molecule has 1 heterocycles. The number of hydrogen-bond donors (Lipinski definition) is 4. The number of benzene rings is 3. The number of para-hydroxylation sites is 1. The minimum Gasteiger partial charge on any atom is -0.480 e. The summed E-state index contributed by atoms with van der Waals surface area (Å²) in [5, 5.41) is 19.2. The highest BCUT2D eigenvalue weighted by Crippen LogP contribution is 2.38. The summed E-state index contributed by atoms with van der Waals surface area (Å²) in [6.07, 6.45) is -5.94. The average molecular weight is 883 g/mol. The summed E-state index contributed by atoms with van der Waals surface area (Å²) in [6, 6.07) is 10.5. The van der Waals surface area contributed by atoms with Crippen molar-refractivity contribution in [2.24, 2.45) is 5.73 Å². The standard InChI is InChI=1S/C19H15ClF3NO7.C10H12N2O3S.C5H12NO4P/c1-3-29-17(25)10(2)30-18(26)13-9-12(5-6-15(13)24(27)28)31-16-7-4-11(8-14(16)20)19(21,22)23;1-7(2)12-10(13)8-5-3-4-6-9(8)11-16(12,14)15;1-11(9,10)3-2-4(6)5(7)8/h4-10H,3H2,1-2H3;3-7,11H,1-2H3;4H,2-3,6H2,1H3,(H,7,8)(H,9,10). The van der Waals surface area contributed by atoms with Gasteiger partial charge in [-0.25, -0.2) is 13.9 Å². The number of halogens is 4. The molecule has 0 aliphatic carbocycles. The van der Waals surface area contributed by atoms with E-state index in [0.717, 1.165) is 34.6 Å². The van der Waals surface area contributed by atoms with Gasteiger partial charge in [0.15, 0.2) is 13.5 Å². The molecule has 1 aliphatic rings. The Labute approximate surface area is 334 Å². The Morgan fingerprint density at radius 3 is 2.22 bits per heavy atom. The van der Waals surface area contributed by atoms with E-state index in [1.165, 1.54) is 13.6 Å².